The molecule has 1 aromatic carbocycles. The van der Waals surface area contributed by atoms with E-state index in [4.69, 9.17) is 5.11 Å². The summed E-state index contributed by atoms with van der Waals surface area (Å²) in [7, 11) is 0. The number of rotatable bonds is 5. The van der Waals surface area contributed by atoms with Gasteiger partial charge in [-0.25, -0.2) is 0 Å². The van der Waals surface area contributed by atoms with Gasteiger partial charge in [0.2, 0.25) is 11.8 Å². The highest BCUT2D eigenvalue weighted by Crippen LogP contribution is 2.68. The number of aliphatic carboxylic acids is 1. The number of aromatic nitrogens is 1. The Morgan fingerprint density at radius 3 is 2.61 bits per heavy atom. The van der Waals surface area contributed by atoms with E-state index in [1.165, 1.54) is 27.4 Å². The molecule has 0 radical (unpaired) electrons. The van der Waals surface area contributed by atoms with Crippen molar-refractivity contribution >= 4 is 40.9 Å². The van der Waals surface area contributed by atoms with E-state index in [0.717, 1.165) is 16.3 Å². The number of likely N-dealkylation sites (tertiary alicyclic amines) is 1. The smallest absolute Gasteiger partial charge is 0.305 e. The van der Waals surface area contributed by atoms with Gasteiger partial charge in [0.05, 0.1) is 16.9 Å². The van der Waals surface area contributed by atoms with Gasteiger partial charge in [-0.05, 0) is 48.6 Å². The van der Waals surface area contributed by atoms with Crippen LogP contribution in [-0.2, 0) is 14.4 Å². The molecule has 2 bridgehead atoms. The molecule has 7 nitrogen and oxygen atoms in total. The third-order valence-corrected chi connectivity index (χ3v) is 10.7. The van der Waals surface area contributed by atoms with Gasteiger partial charge in [0.25, 0.3) is 0 Å². The van der Waals surface area contributed by atoms with Gasteiger partial charge in [-0.2, -0.15) is 0 Å². The molecule has 2 aromatic rings. The number of aryl methyl sites for hydroxylation is 1. The number of thioether (sulfide) groups is 1. The number of amides is 2. The zero-order valence-corrected chi connectivity index (χ0v) is 19.7. The van der Waals surface area contributed by atoms with Crippen LogP contribution in [0.5, 0.6) is 0 Å². The van der Waals surface area contributed by atoms with E-state index < -0.39 is 5.97 Å². The van der Waals surface area contributed by atoms with Crippen LogP contribution in [0.25, 0.3) is 0 Å². The molecule has 2 aliphatic carbocycles. The van der Waals surface area contributed by atoms with E-state index in [1.54, 1.807) is 11.8 Å². The lowest BCUT2D eigenvalue weighted by Crippen LogP contribution is -2.42. The van der Waals surface area contributed by atoms with Gasteiger partial charge in [-0.1, -0.05) is 35.6 Å². The summed E-state index contributed by atoms with van der Waals surface area (Å²) >= 11 is 2.96. The average Bonchev–Trinajstić information content (AvgIpc) is 3.49. The van der Waals surface area contributed by atoms with Gasteiger partial charge in [0, 0.05) is 29.0 Å². The maximum atomic E-state index is 13.4. The predicted molar refractivity (Wildman–Crippen MR) is 123 cm³/mol. The molecule has 4 aliphatic rings. The highest BCUT2D eigenvalue weighted by molar-refractivity contribution is 8.00. The van der Waals surface area contributed by atoms with Crippen molar-refractivity contribution in [3.05, 3.63) is 49.9 Å². The van der Waals surface area contributed by atoms with Crippen LogP contribution in [0.1, 0.15) is 41.2 Å². The van der Waals surface area contributed by atoms with Crippen molar-refractivity contribution in [1.82, 2.24) is 9.88 Å². The Hall–Kier alpha value is -2.39. The Balaban J connectivity index is 1.39. The van der Waals surface area contributed by atoms with Gasteiger partial charge in [-0.15, -0.1) is 11.8 Å². The van der Waals surface area contributed by atoms with Crippen molar-refractivity contribution in [3.8, 4) is 0 Å². The minimum atomic E-state index is -0.919. The molecule has 3 heterocycles. The van der Waals surface area contributed by atoms with Crippen LogP contribution in [0.4, 0.5) is 0 Å². The minimum absolute atomic E-state index is 0.0383. The number of carbonyl (C=O) groups excluding carboxylic acids is 2. The number of nitrogens with one attached hydrogen (secondary N) is 1. The molecular weight excluding hydrogens is 460 g/mol. The molecule has 3 fully saturated rings. The van der Waals surface area contributed by atoms with E-state index >= 15 is 0 Å². The normalized spacial score (nSPS) is 33.8. The molecule has 0 unspecified atom stereocenters. The number of carboxylic acid groups (broad SMARTS) is 1. The van der Waals surface area contributed by atoms with Crippen LogP contribution in [-0.4, -0.2) is 44.6 Å². The number of benzene rings is 1. The van der Waals surface area contributed by atoms with E-state index in [-0.39, 0.29) is 76.8 Å². The molecule has 0 spiro atoms. The Kier molecular flexibility index (Phi) is 4.85. The highest BCUT2D eigenvalue weighted by atomic mass is 32.2. The second-order valence-electron chi connectivity index (χ2n) is 9.64. The lowest BCUT2D eigenvalue weighted by Gasteiger charge is -2.43. The van der Waals surface area contributed by atoms with Gasteiger partial charge in [0.15, 0.2) is 0 Å². The van der Waals surface area contributed by atoms with Crippen molar-refractivity contribution in [2.45, 2.75) is 42.4 Å². The number of carbonyl (C=O) groups is 3. The number of H-pyrrole nitrogens is 1. The number of fused-ring (bicyclic) bond motifs is 9. The summed E-state index contributed by atoms with van der Waals surface area (Å²) in [6.07, 6.45) is 1.09. The molecule has 2 aliphatic heterocycles. The van der Waals surface area contributed by atoms with Crippen LogP contribution < -0.4 is 4.87 Å². The molecule has 7 atom stereocenters. The number of nitrogens with zero attached hydrogens (tertiary/aromatic N) is 1. The zero-order valence-electron chi connectivity index (χ0n) is 18.0. The summed E-state index contributed by atoms with van der Waals surface area (Å²) in [5.74, 6) is -1.39. The average molecular weight is 485 g/mol. The topological polar surface area (TPSA) is 108 Å². The zero-order chi connectivity index (χ0) is 23.0. The second kappa shape index (κ2) is 7.56. The number of imide groups is 1. The van der Waals surface area contributed by atoms with Crippen molar-refractivity contribution < 1.29 is 19.5 Å². The summed E-state index contributed by atoms with van der Waals surface area (Å²) < 4.78 is 0. The van der Waals surface area contributed by atoms with Crippen molar-refractivity contribution in [1.29, 1.82) is 0 Å². The Morgan fingerprint density at radius 1 is 1.15 bits per heavy atom. The molecule has 2 saturated carbocycles. The molecular formula is C24H24N2O5S2. The summed E-state index contributed by atoms with van der Waals surface area (Å²) in [5, 5.41) is 10.0. The number of thiazole rings is 1. The van der Waals surface area contributed by atoms with Gasteiger partial charge in [0.1, 0.15) is 0 Å². The number of hydrogen-bond acceptors (Lipinski definition) is 6. The first-order valence-corrected chi connectivity index (χ1v) is 13.1. The molecule has 33 heavy (non-hydrogen) atoms. The fourth-order valence-corrected chi connectivity index (χ4v) is 9.85. The summed E-state index contributed by atoms with van der Waals surface area (Å²) in [6.45, 7) is 2.27. The standard InChI is InChI=1S/C24H24N2O5S2/c1-10-5-2-3-6-11(10)15-16-12-9-13(19(16)32-21-20(15)33-24(31)25-21)18-17(12)22(29)26(23(18)30)8-4-7-14(27)28/h2-3,5-6,12-13,15-19H,4,7-9H2,1H3,(H,25,31)(H,27,28)/t12-,13+,15+,16+,17+,18-,19-/m1/s1. The number of carboxylic acids is 1. The first-order chi connectivity index (χ1) is 15.9. The maximum absolute atomic E-state index is 13.4. The summed E-state index contributed by atoms with van der Waals surface area (Å²) in [4.78, 5) is 55.2. The van der Waals surface area contributed by atoms with E-state index in [9.17, 15) is 19.2 Å². The molecule has 172 valence electrons. The SMILES string of the molecule is Cc1ccccc1[C@@H]1c2sc(=O)[nH]c2S[C@@H]2[C@H]3C[C@@H]([C@@H]4C(=O)N(CCCC(=O)O)C(=O)[C@H]34)[C@@H]12. The molecule has 2 amide bonds. The van der Waals surface area contributed by atoms with Crippen LogP contribution in [0, 0.1) is 36.5 Å². The first-order valence-electron chi connectivity index (χ1n) is 11.4. The van der Waals surface area contributed by atoms with E-state index in [0.29, 0.717) is 0 Å². The van der Waals surface area contributed by atoms with Gasteiger partial charge >= 0.3 is 10.8 Å². The number of aromatic amines is 1. The molecule has 2 N–H and O–H groups in total. The van der Waals surface area contributed by atoms with Crippen LogP contribution in [0.15, 0.2) is 34.1 Å². The van der Waals surface area contributed by atoms with E-state index in [1.807, 2.05) is 12.1 Å². The van der Waals surface area contributed by atoms with Crippen LogP contribution >= 0.6 is 23.1 Å². The number of hydrogen-bond donors (Lipinski definition) is 2. The highest BCUT2D eigenvalue weighted by Gasteiger charge is 2.69. The lowest BCUT2D eigenvalue weighted by atomic mass is 9.67. The Bertz CT molecular complexity index is 1240. The predicted octanol–water partition coefficient (Wildman–Crippen LogP) is 3.08. The van der Waals surface area contributed by atoms with Crippen molar-refractivity contribution in [3.63, 3.8) is 0 Å². The fraction of sp³-hybridized carbons (Fsp3) is 0.500. The lowest BCUT2D eigenvalue weighted by molar-refractivity contribution is -0.142. The van der Waals surface area contributed by atoms with Gasteiger partial charge in [-0.3, -0.25) is 24.1 Å². The van der Waals surface area contributed by atoms with Crippen molar-refractivity contribution in [2.75, 3.05) is 6.54 Å². The van der Waals surface area contributed by atoms with Crippen molar-refractivity contribution in [2.24, 2.45) is 29.6 Å². The third-order valence-electron chi connectivity index (χ3n) is 8.11. The summed E-state index contributed by atoms with van der Waals surface area (Å²) in [5.41, 5.74) is 2.37. The molecule has 1 saturated heterocycles. The Morgan fingerprint density at radius 2 is 1.88 bits per heavy atom. The monoisotopic (exact) mass is 484 g/mol. The van der Waals surface area contributed by atoms with Gasteiger partial charge < -0.3 is 10.1 Å². The first kappa shape index (κ1) is 21.2. The quantitative estimate of drug-likeness (QED) is 0.632. The third kappa shape index (κ3) is 3.01. The summed E-state index contributed by atoms with van der Waals surface area (Å²) in [6, 6.07) is 8.26. The van der Waals surface area contributed by atoms with Crippen LogP contribution in [0.3, 0.4) is 0 Å². The largest absolute Gasteiger partial charge is 0.481 e. The van der Waals surface area contributed by atoms with E-state index in [2.05, 4.69) is 24.0 Å². The molecule has 6 rings (SSSR count). The fourth-order valence-electron chi connectivity index (χ4n) is 6.97. The second-order valence-corrected chi connectivity index (χ2v) is 11.8. The molecule has 1 aromatic heterocycles. The molecule has 9 heteroatoms. The van der Waals surface area contributed by atoms with Crippen LogP contribution in [0.2, 0.25) is 0 Å². The minimum Gasteiger partial charge on any atom is -0.481 e. The maximum Gasteiger partial charge on any atom is 0.305 e. The Labute approximate surface area is 198 Å².